The quantitative estimate of drug-likeness (QED) is 0.391. The molecule has 23 heavy (non-hydrogen) atoms. The number of ether oxygens (including phenoxy) is 2. The van der Waals surface area contributed by atoms with Crippen LogP contribution in [0.4, 0.5) is 0 Å². The highest BCUT2D eigenvalue weighted by molar-refractivity contribution is 7.34. The van der Waals surface area contributed by atoms with E-state index in [1.54, 1.807) is 0 Å². The fourth-order valence-corrected chi connectivity index (χ4v) is 18.0. The lowest BCUT2D eigenvalue weighted by atomic mass is 10.4. The first kappa shape index (κ1) is 21.2. The second-order valence-electron chi connectivity index (χ2n) is 5.22. The lowest BCUT2D eigenvalue weighted by Crippen LogP contribution is -2.77. The van der Waals surface area contributed by atoms with Gasteiger partial charge in [0.2, 0.25) is 5.41 Å². The molecule has 0 radical (unpaired) electrons. The van der Waals surface area contributed by atoms with Crippen molar-refractivity contribution in [1.29, 1.82) is 0 Å². The van der Waals surface area contributed by atoms with Crippen molar-refractivity contribution in [3.63, 3.8) is 0 Å². The summed E-state index contributed by atoms with van der Waals surface area (Å²) in [6.07, 6.45) is 0.702. The van der Waals surface area contributed by atoms with Gasteiger partial charge in [0.1, 0.15) is 0 Å². The Morgan fingerprint density at radius 3 is 1.43 bits per heavy atom. The minimum absolute atomic E-state index is 0.531. The molecule has 6 nitrogen and oxygen atoms in total. The van der Waals surface area contributed by atoms with Crippen molar-refractivity contribution in [2.24, 2.45) is 0 Å². The highest BCUT2D eigenvalue weighted by Crippen LogP contribution is 2.49. The molecule has 1 aliphatic heterocycles. The Morgan fingerprint density at radius 1 is 0.652 bits per heavy atom. The van der Waals surface area contributed by atoms with Gasteiger partial charge in [-0.15, -0.1) is 0 Å². The molecule has 0 aromatic carbocycles. The molecule has 0 aromatic rings. The molecule has 1 heterocycles. The van der Waals surface area contributed by atoms with E-state index in [1.807, 2.05) is 41.5 Å². The van der Waals surface area contributed by atoms with Gasteiger partial charge in [0.15, 0.2) is 0 Å². The van der Waals surface area contributed by atoms with Crippen molar-refractivity contribution < 1.29 is 27.2 Å². The maximum Gasteiger partial charge on any atom is 0.445 e. The van der Waals surface area contributed by atoms with Crippen molar-refractivity contribution in [2.45, 2.75) is 59.4 Å². The first-order valence-corrected chi connectivity index (χ1v) is 13.7. The summed E-state index contributed by atoms with van der Waals surface area (Å²) >= 11 is 0. The second kappa shape index (κ2) is 9.62. The van der Waals surface area contributed by atoms with Crippen LogP contribution in [0.1, 0.15) is 48.0 Å². The highest BCUT2D eigenvalue weighted by Gasteiger charge is 2.81. The summed E-state index contributed by atoms with van der Waals surface area (Å²) in [5.74, 6) is 0. The van der Waals surface area contributed by atoms with E-state index in [9.17, 15) is 0 Å². The molecule has 0 aromatic heterocycles. The van der Waals surface area contributed by atoms with E-state index in [0.29, 0.717) is 46.1 Å². The largest absolute Gasteiger partial charge is 0.445 e. The third-order valence-corrected chi connectivity index (χ3v) is 17.0. The molecular weight excluding hydrogens is 332 g/mol. The van der Waals surface area contributed by atoms with E-state index in [1.165, 1.54) is 0 Å². The van der Waals surface area contributed by atoms with Gasteiger partial charge in [-0.05, 0) is 47.6 Å². The van der Waals surface area contributed by atoms with Crippen LogP contribution < -0.4 is 0 Å². The normalized spacial score (nSPS) is 21.7. The Bertz CT molecular complexity index is 298. The molecule has 0 spiro atoms. The van der Waals surface area contributed by atoms with Gasteiger partial charge in [0, 0.05) is 46.1 Å². The van der Waals surface area contributed by atoms with Crippen molar-refractivity contribution in [2.75, 3.05) is 39.6 Å². The SMILES string of the molecule is CCOC1(OCC)CC[Si](OCC)(OCC)[Si]1(OCC)OCC. The monoisotopic (exact) mass is 366 g/mol. The summed E-state index contributed by atoms with van der Waals surface area (Å²) in [5, 5.41) is 0. The first-order valence-electron chi connectivity index (χ1n) is 8.91. The summed E-state index contributed by atoms with van der Waals surface area (Å²) in [6.45, 7) is 15.2. The summed E-state index contributed by atoms with van der Waals surface area (Å²) in [5.41, 5.74) is -0.848. The molecule has 138 valence electrons. The average molecular weight is 367 g/mol. The molecule has 1 rings (SSSR count). The zero-order chi connectivity index (χ0) is 17.4. The molecule has 0 atom stereocenters. The highest BCUT2D eigenvalue weighted by atomic mass is 29.3. The molecule has 1 fully saturated rings. The van der Waals surface area contributed by atoms with Gasteiger partial charge in [-0.1, -0.05) is 0 Å². The zero-order valence-electron chi connectivity index (χ0n) is 15.6. The molecule has 8 heteroatoms. The van der Waals surface area contributed by atoms with Crippen molar-refractivity contribution in [3.05, 3.63) is 0 Å². The Hall–Kier alpha value is 0.194. The third kappa shape index (κ3) is 3.74. The van der Waals surface area contributed by atoms with Crippen molar-refractivity contribution >= 4 is 16.2 Å². The molecule has 0 N–H and O–H groups in total. The lowest BCUT2D eigenvalue weighted by molar-refractivity contribution is -0.198. The predicted molar refractivity (Wildman–Crippen MR) is 93.4 cm³/mol. The summed E-state index contributed by atoms with van der Waals surface area (Å²) in [6, 6.07) is 0.779. The van der Waals surface area contributed by atoms with Gasteiger partial charge in [-0.2, -0.15) is 0 Å². The second-order valence-corrected chi connectivity index (χ2v) is 14.6. The molecular formula is C15H34O6Si2. The van der Waals surface area contributed by atoms with E-state index < -0.39 is 21.6 Å². The van der Waals surface area contributed by atoms with Crippen LogP contribution in [0.5, 0.6) is 0 Å². The number of hydrogen-bond donors (Lipinski definition) is 0. The maximum absolute atomic E-state index is 6.35. The fraction of sp³-hybridized carbons (Fsp3) is 1.00. The molecule has 0 saturated carbocycles. The van der Waals surface area contributed by atoms with Crippen molar-refractivity contribution in [1.82, 2.24) is 0 Å². The van der Waals surface area contributed by atoms with Crippen LogP contribution in [-0.2, 0) is 27.2 Å². The maximum atomic E-state index is 6.35. The Labute approximate surface area is 143 Å². The van der Waals surface area contributed by atoms with Gasteiger partial charge in [0.05, 0.1) is 0 Å². The summed E-state index contributed by atoms with van der Waals surface area (Å²) in [4.78, 5) is 0. The Balaban J connectivity index is 3.45. The topological polar surface area (TPSA) is 55.4 Å². The molecule has 1 saturated heterocycles. The van der Waals surface area contributed by atoms with Gasteiger partial charge in [0.25, 0.3) is 0 Å². The molecule has 0 bridgehead atoms. The minimum atomic E-state index is -3.03. The van der Waals surface area contributed by atoms with Gasteiger partial charge < -0.3 is 27.2 Å². The van der Waals surface area contributed by atoms with Gasteiger partial charge in [-0.3, -0.25) is 0 Å². The summed E-state index contributed by atoms with van der Waals surface area (Å²) in [7, 11) is -5.75. The smallest absolute Gasteiger partial charge is 0.394 e. The van der Waals surface area contributed by atoms with Crippen molar-refractivity contribution in [3.8, 4) is 0 Å². The Morgan fingerprint density at radius 2 is 1.09 bits per heavy atom. The third-order valence-electron chi connectivity index (χ3n) is 3.99. The minimum Gasteiger partial charge on any atom is -0.394 e. The van der Waals surface area contributed by atoms with E-state index in [-0.39, 0.29) is 0 Å². The van der Waals surface area contributed by atoms with Crippen LogP contribution in [0.15, 0.2) is 0 Å². The van der Waals surface area contributed by atoms with Crippen LogP contribution in [0, 0.1) is 0 Å². The molecule has 1 aliphatic rings. The van der Waals surface area contributed by atoms with E-state index in [4.69, 9.17) is 27.2 Å². The fourth-order valence-electron chi connectivity index (χ4n) is 3.52. The number of hydrogen-bond acceptors (Lipinski definition) is 6. The van der Waals surface area contributed by atoms with Gasteiger partial charge >= 0.3 is 16.2 Å². The van der Waals surface area contributed by atoms with Crippen LogP contribution in [0.3, 0.4) is 0 Å². The predicted octanol–water partition coefficient (Wildman–Crippen LogP) is 2.81. The van der Waals surface area contributed by atoms with Crippen LogP contribution in [0.2, 0.25) is 6.04 Å². The van der Waals surface area contributed by atoms with Gasteiger partial charge in [-0.25, -0.2) is 0 Å². The van der Waals surface area contributed by atoms with Crippen LogP contribution in [0.25, 0.3) is 0 Å². The lowest BCUT2D eigenvalue weighted by Gasteiger charge is -2.46. The van der Waals surface area contributed by atoms with Crippen LogP contribution in [-0.4, -0.2) is 61.2 Å². The number of rotatable bonds is 12. The Kier molecular flexibility index (Phi) is 8.88. The van der Waals surface area contributed by atoms with Crippen LogP contribution >= 0.6 is 0 Å². The first-order chi connectivity index (χ1) is 11.1. The molecule has 0 unspecified atom stereocenters. The average Bonchev–Trinajstić information content (AvgIpc) is 2.74. The zero-order valence-corrected chi connectivity index (χ0v) is 17.6. The van der Waals surface area contributed by atoms with E-state index >= 15 is 0 Å². The standard InChI is InChI=1S/C15H34O6Si2/c1-7-16-15(17-8-2)13-14-22(18-9-3,19-10-4)23(15,20-11-5)21-12-6/h7-14H2,1-6H3. The van der Waals surface area contributed by atoms with E-state index in [2.05, 4.69) is 0 Å². The molecule has 0 amide bonds. The molecule has 0 aliphatic carbocycles. The van der Waals surface area contributed by atoms with E-state index in [0.717, 1.165) is 6.04 Å². The summed E-state index contributed by atoms with van der Waals surface area (Å²) < 4.78 is 37.6.